The fraction of sp³-hybridized carbons (Fsp3) is 0.343. The van der Waals surface area contributed by atoms with Crippen LogP contribution in [0.15, 0.2) is 64.8 Å². The minimum absolute atomic E-state index is 0.0211. The molecule has 50 heavy (non-hydrogen) atoms. The topological polar surface area (TPSA) is 135 Å². The van der Waals surface area contributed by atoms with Crippen LogP contribution in [-0.2, 0) is 19.4 Å². The molecule has 4 aromatic rings. The molecule has 1 amide bonds. The van der Waals surface area contributed by atoms with Crippen LogP contribution in [0.25, 0.3) is 28.0 Å². The number of rotatable bonds is 8. The zero-order valence-electron chi connectivity index (χ0n) is 28.0. The fourth-order valence-corrected chi connectivity index (χ4v) is 7.51. The summed E-state index contributed by atoms with van der Waals surface area (Å²) in [6.45, 7) is 8.81. The number of fused-ring (bicyclic) bond motifs is 1. The molecule has 2 saturated heterocycles. The summed E-state index contributed by atoms with van der Waals surface area (Å²) in [5.41, 5.74) is -1.53. The Bertz CT molecular complexity index is 2220. The van der Waals surface area contributed by atoms with Crippen molar-refractivity contribution in [3.8, 4) is 22.7 Å². The minimum atomic E-state index is -3.95. The number of carbonyl (C=O) groups is 2. The van der Waals surface area contributed by atoms with Gasteiger partial charge in [-0.05, 0) is 49.9 Å². The normalized spacial score (nSPS) is 17.1. The lowest BCUT2D eigenvalue weighted by atomic mass is 9.90. The number of hydrogen-bond acceptors (Lipinski definition) is 10. The van der Waals surface area contributed by atoms with Gasteiger partial charge in [0.25, 0.3) is 0 Å². The van der Waals surface area contributed by atoms with Crippen molar-refractivity contribution in [2.75, 3.05) is 50.9 Å². The lowest BCUT2D eigenvalue weighted by Gasteiger charge is -2.40. The van der Waals surface area contributed by atoms with Crippen molar-refractivity contribution in [3.63, 3.8) is 0 Å². The monoisotopic (exact) mass is 706 g/mol. The molecule has 0 spiro atoms. The predicted molar refractivity (Wildman–Crippen MR) is 183 cm³/mol. The zero-order chi connectivity index (χ0) is 36.1. The van der Waals surface area contributed by atoms with Crippen LogP contribution in [0.3, 0.4) is 0 Å². The van der Waals surface area contributed by atoms with E-state index in [1.807, 2.05) is 18.9 Å². The van der Waals surface area contributed by atoms with Crippen LogP contribution in [0.4, 0.5) is 14.6 Å². The first-order valence-corrected chi connectivity index (χ1v) is 17.9. The Morgan fingerprint density at radius 1 is 1.06 bits per heavy atom. The Hall–Kier alpha value is -5.02. The maximum absolute atomic E-state index is 16.4. The van der Waals surface area contributed by atoms with Crippen LogP contribution in [0.2, 0.25) is 0 Å². The standard InChI is InChI=1S/C35H36F2N6O6S/c1-6-28(44)41-14-15-42(20(3)17-41)33-23-16-25(37)31(30-24(36)11-9-12-26(30)49-29(45)7-2)38-34(23)43(35(46)39-33)32-22(21-18-40(4)19-21)10-8-13-27(32)50(5,47)48/h6,8-13,16,20-21H,1,7,14-15,17-19H2,2-5H3/t20-/m0/s1. The van der Waals surface area contributed by atoms with E-state index in [0.717, 1.165) is 23.0 Å². The van der Waals surface area contributed by atoms with E-state index >= 15 is 8.78 Å². The van der Waals surface area contributed by atoms with Crippen LogP contribution in [0.1, 0.15) is 31.7 Å². The second-order valence-corrected chi connectivity index (χ2v) is 14.6. The second kappa shape index (κ2) is 13.4. The predicted octanol–water partition coefficient (Wildman–Crippen LogP) is 3.70. The van der Waals surface area contributed by atoms with Gasteiger partial charge >= 0.3 is 11.7 Å². The number of nitrogens with zero attached hydrogens (tertiary/aromatic N) is 6. The van der Waals surface area contributed by atoms with Crippen LogP contribution in [-0.4, -0.2) is 96.7 Å². The highest BCUT2D eigenvalue weighted by atomic mass is 32.2. The Morgan fingerprint density at radius 2 is 1.78 bits per heavy atom. The molecule has 0 bridgehead atoms. The molecule has 2 aromatic heterocycles. The van der Waals surface area contributed by atoms with Crippen LogP contribution >= 0.6 is 0 Å². The van der Waals surface area contributed by atoms with Gasteiger partial charge in [0.1, 0.15) is 23.1 Å². The summed E-state index contributed by atoms with van der Waals surface area (Å²) in [6, 6.07) is 9.05. The van der Waals surface area contributed by atoms with E-state index in [9.17, 15) is 22.8 Å². The number of pyridine rings is 1. The number of anilines is 1. The van der Waals surface area contributed by atoms with Crippen LogP contribution in [0, 0.1) is 11.6 Å². The van der Waals surface area contributed by atoms with Gasteiger partial charge in [0.05, 0.1) is 21.5 Å². The summed E-state index contributed by atoms with van der Waals surface area (Å²) in [5, 5.41) is 0.0459. The van der Waals surface area contributed by atoms with Crippen molar-refractivity contribution in [1.29, 1.82) is 0 Å². The first kappa shape index (κ1) is 34.8. The van der Waals surface area contributed by atoms with Gasteiger partial charge in [0.15, 0.2) is 21.3 Å². The third-order valence-corrected chi connectivity index (χ3v) is 10.2. The van der Waals surface area contributed by atoms with Crippen molar-refractivity contribution in [2.45, 2.75) is 37.1 Å². The molecular formula is C35H36F2N6O6S. The molecule has 0 unspecified atom stereocenters. The number of hydrogen-bond donors (Lipinski definition) is 0. The number of likely N-dealkylation sites (N-methyl/N-ethyl adjacent to an activating group) is 1. The first-order chi connectivity index (χ1) is 23.7. The largest absolute Gasteiger partial charge is 0.426 e. The van der Waals surface area contributed by atoms with Crippen molar-refractivity contribution >= 4 is 38.6 Å². The number of halogens is 2. The lowest BCUT2D eigenvalue weighted by Crippen LogP contribution is -2.54. The first-order valence-electron chi connectivity index (χ1n) is 16.1. The third-order valence-electron chi connectivity index (χ3n) is 9.07. The van der Waals surface area contributed by atoms with Crippen molar-refractivity contribution in [3.05, 3.63) is 82.8 Å². The van der Waals surface area contributed by atoms with Gasteiger partial charge in [-0.3, -0.25) is 9.59 Å². The SMILES string of the molecule is C=CC(=O)N1CCN(c2nc(=O)n(-c3c(C4CN(C)C4)cccc3S(C)(=O)=O)c3nc(-c4c(F)cccc4OC(=O)CC)c(F)cc23)[C@@H](C)C1. The average Bonchev–Trinajstić information content (AvgIpc) is 3.06. The van der Waals surface area contributed by atoms with Crippen LogP contribution in [0.5, 0.6) is 5.75 Å². The number of carbonyl (C=O) groups excluding carboxylic acids is 2. The second-order valence-electron chi connectivity index (χ2n) is 12.6. The number of amides is 1. The van der Waals surface area contributed by atoms with Gasteiger partial charge in [-0.25, -0.2) is 31.5 Å². The van der Waals surface area contributed by atoms with Gasteiger partial charge in [-0.15, -0.1) is 0 Å². The summed E-state index contributed by atoms with van der Waals surface area (Å²) in [4.78, 5) is 53.2. The highest BCUT2D eigenvalue weighted by Gasteiger charge is 2.34. The summed E-state index contributed by atoms with van der Waals surface area (Å²) >= 11 is 0. The molecule has 1 atom stereocenters. The molecule has 262 valence electrons. The molecule has 0 saturated carbocycles. The summed E-state index contributed by atoms with van der Waals surface area (Å²) in [5.74, 6) is -3.27. The highest BCUT2D eigenvalue weighted by Crippen LogP contribution is 2.39. The van der Waals surface area contributed by atoms with Gasteiger partial charge in [-0.1, -0.05) is 31.7 Å². The van der Waals surface area contributed by atoms with E-state index in [4.69, 9.17) is 4.74 Å². The molecule has 0 radical (unpaired) electrons. The van der Waals surface area contributed by atoms with E-state index in [1.54, 1.807) is 28.9 Å². The van der Waals surface area contributed by atoms with Gasteiger partial charge < -0.3 is 19.4 Å². The van der Waals surface area contributed by atoms with Crippen LogP contribution < -0.4 is 15.3 Å². The summed E-state index contributed by atoms with van der Waals surface area (Å²) in [6.07, 6.45) is 2.20. The van der Waals surface area contributed by atoms with Gasteiger partial charge in [0, 0.05) is 57.4 Å². The average molecular weight is 707 g/mol. The van der Waals surface area contributed by atoms with E-state index < -0.39 is 50.4 Å². The van der Waals surface area contributed by atoms with E-state index in [0.29, 0.717) is 18.7 Å². The van der Waals surface area contributed by atoms with Gasteiger partial charge in [0.2, 0.25) is 5.91 Å². The molecule has 6 rings (SSSR count). The smallest absolute Gasteiger partial charge is 0.355 e. The third kappa shape index (κ3) is 6.26. The number of esters is 1. The molecule has 2 aliphatic rings. The quantitative estimate of drug-likeness (QED) is 0.152. The lowest BCUT2D eigenvalue weighted by molar-refractivity contribution is -0.134. The molecule has 2 aromatic carbocycles. The number of para-hydroxylation sites is 1. The number of benzene rings is 2. The molecule has 0 N–H and O–H groups in total. The molecule has 2 aliphatic heterocycles. The molecule has 2 fully saturated rings. The Morgan fingerprint density at radius 3 is 2.42 bits per heavy atom. The van der Waals surface area contributed by atoms with E-state index in [1.165, 1.54) is 24.3 Å². The van der Waals surface area contributed by atoms with E-state index in [2.05, 4.69) is 16.5 Å². The summed E-state index contributed by atoms with van der Waals surface area (Å²) in [7, 11) is -2.04. The molecule has 0 aliphatic carbocycles. The Labute approximate surface area is 287 Å². The molecular weight excluding hydrogens is 670 g/mol. The zero-order valence-corrected chi connectivity index (χ0v) is 28.8. The minimum Gasteiger partial charge on any atom is -0.426 e. The number of ether oxygens (including phenoxy) is 1. The molecule has 4 heterocycles. The molecule has 12 nitrogen and oxygen atoms in total. The van der Waals surface area contributed by atoms with Crippen molar-refractivity contribution < 1.29 is 31.5 Å². The Kier molecular flexibility index (Phi) is 9.31. The molecule has 15 heteroatoms. The van der Waals surface area contributed by atoms with Crippen molar-refractivity contribution in [1.82, 2.24) is 24.3 Å². The highest BCUT2D eigenvalue weighted by molar-refractivity contribution is 7.90. The summed E-state index contributed by atoms with van der Waals surface area (Å²) < 4.78 is 64.9. The number of piperazine rings is 1. The maximum atomic E-state index is 16.4. The van der Waals surface area contributed by atoms with E-state index in [-0.39, 0.29) is 71.1 Å². The fourth-order valence-electron chi connectivity index (χ4n) is 6.62. The Balaban J connectivity index is 1.69. The van der Waals surface area contributed by atoms with Gasteiger partial charge in [-0.2, -0.15) is 4.98 Å². The maximum Gasteiger partial charge on any atom is 0.355 e. The van der Waals surface area contributed by atoms with Crippen molar-refractivity contribution in [2.24, 2.45) is 0 Å². The number of sulfone groups is 1. The number of likely N-dealkylation sites (tertiary alicyclic amines) is 1. The number of aromatic nitrogens is 3.